The molecule has 2 heterocycles. The Kier molecular flexibility index (Phi) is 8.22. The lowest BCUT2D eigenvalue weighted by atomic mass is 10.1. The number of thiophene rings is 1. The van der Waals surface area contributed by atoms with E-state index in [1.165, 1.54) is 34.6 Å². The van der Waals surface area contributed by atoms with Crippen molar-refractivity contribution < 1.29 is 31.5 Å². The smallest absolute Gasteiger partial charge is 0.416 e. The third-order valence-electron chi connectivity index (χ3n) is 6.13. The highest BCUT2D eigenvalue weighted by Gasteiger charge is 2.31. The third kappa shape index (κ3) is 6.69. The zero-order valence-electron chi connectivity index (χ0n) is 19.7. The van der Waals surface area contributed by atoms with Gasteiger partial charge >= 0.3 is 6.18 Å². The van der Waals surface area contributed by atoms with E-state index in [4.69, 9.17) is 0 Å². The monoisotopic (exact) mass is 553 g/mol. The summed E-state index contributed by atoms with van der Waals surface area (Å²) in [5, 5.41) is 15.8. The Hall–Kier alpha value is -2.93. The van der Waals surface area contributed by atoms with E-state index in [-0.39, 0.29) is 28.1 Å². The Morgan fingerprint density at radius 1 is 1.00 bits per heavy atom. The number of phenolic OH excluding ortho intramolecular Hbond substituents is 1. The molecule has 3 aromatic rings. The molecule has 0 spiro atoms. The van der Waals surface area contributed by atoms with Crippen molar-refractivity contribution in [3.8, 4) is 5.75 Å². The molecule has 0 unspecified atom stereocenters. The summed E-state index contributed by atoms with van der Waals surface area (Å²) in [6, 6.07) is 14.4. The van der Waals surface area contributed by atoms with Crippen LogP contribution in [-0.2, 0) is 29.3 Å². The summed E-state index contributed by atoms with van der Waals surface area (Å²) in [6.07, 6.45) is -3.21. The lowest BCUT2D eigenvalue weighted by Crippen LogP contribution is -2.44. The van der Waals surface area contributed by atoms with Crippen LogP contribution < -0.4 is 10.6 Å². The highest BCUT2D eigenvalue weighted by Crippen LogP contribution is 2.30. The molecular formula is C25H26F3N3O4S2. The normalized spacial score (nSPS) is 15.5. The van der Waals surface area contributed by atoms with E-state index in [0.717, 1.165) is 29.0 Å². The van der Waals surface area contributed by atoms with Crippen LogP contribution in [-0.4, -0.2) is 42.9 Å². The van der Waals surface area contributed by atoms with E-state index in [2.05, 4.69) is 10.6 Å². The van der Waals surface area contributed by atoms with Gasteiger partial charge < -0.3 is 15.7 Å². The predicted octanol–water partition coefficient (Wildman–Crippen LogP) is 4.35. The molecule has 0 saturated carbocycles. The van der Waals surface area contributed by atoms with Gasteiger partial charge in [0, 0.05) is 30.6 Å². The minimum Gasteiger partial charge on any atom is -0.507 e. The Morgan fingerprint density at radius 2 is 1.68 bits per heavy atom. The summed E-state index contributed by atoms with van der Waals surface area (Å²) in [6.45, 7) is 1.17. The molecule has 0 aliphatic carbocycles. The van der Waals surface area contributed by atoms with Crippen molar-refractivity contribution in [1.82, 2.24) is 14.9 Å². The number of carbonyl (C=O) groups excluding carboxylic acids is 1. The average molecular weight is 554 g/mol. The number of carbonyl (C=O) groups is 1. The maximum Gasteiger partial charge on any atom is 0.416 e. The number of alkyl halides is 3. The summed E-state index contributed by atoms with van der Waals surface area (Å²) >= 11 is 1.08. The fraction of sp³-hybridized carbons (Fsp3) is 0.320. The Morgan fingerprint density at radius 3 is 2.32 bits per heavy atom. The zero-order chi connectivity index (χ0) is 26.6. The molecule has 0 radical (unpaired) electrons. The Labute approximate surface area is 217 Å². The zero-order valence-corrected chi connectivity index (χ0v) is 21.3. The van der Waals surface area contributed by atoms with Gasteiger partial charge in [0.05, 0.1) is 17.7 Å². The molecule has 1 amide bonds. The molecule has 4 rings (SSSR count). The van der Waals surface area contributed by atoms with Crippen LogP contribution in [0.4, 0.5) is 13.2 Å². The topological polar surface area (TPSA) is 98.7 Å². The molecule has 3 N–H and O–H groups in total. The van der Waals surface area contributed by atoms with Gasteiger partial charge in [0.15, 0.2) is 0 Å². The number of halogens is 3. The van der Waals surface area contributed by atoms with Crippen molar-refractivity contribution in [2.75, 3.05) is 13.1 Å². The van der Waals surface area contributed by atoms with Crippen LogP contribution in [0.15, 0.2) is 64.9 Å². The van der Waals surface area contributed by atoms with Gasteiger partial charge in [0.25, 0.3) is 15.9 Å². The van der Waals surface area contributed by atoms with E-state index in [1.807, 2.05) is 0 Å². The van der Waals surface area contributed by atoms with Crippen molar-refractivity contribution in [3.63, 3.8) is 0 Å². The molecule has 7 nitrogen and oxygen atoms in total. The number of sulfonamides is 1. The van der Waals surface area contributed by atoms with E-state index in [9.17, 15) is 31.5 Å². The third-order valence-corrected chi connectivity index (χ3v) is 9.58. The average Bonchev–Trinajstić information content (AvgIpc) is 3.36. The second-order valence-corrected chi connectivity index (χ2v) is 12.0. The van der Waals surface area contributed by atoms with Crippen LogP contribution >= 0.6 is 11.3 Å². The minimum atomic E-state index is -4.37. The molecule has 37 heavy (non-hydrogen) atoms. The van der Waals surface area contributed by atoms with Gasteiger partial charge in [-0.3, -0.25) is 4.79 Å². The highest BCUT2D eigenvalue weighted by molar-refractivity contribution is 7.91. The molecule has 0 atom stereocenters. The molecule has 12 heteroatoms. The number of piperidine rings is 1. The SMILES string of the molecule is O=C(NCc1ccc(S(=O)(=O)N2CCC(NCc3ccc(C(F)(F)F)cc3)CC2)s1)c1ccccc1O. The van der Waals surface area contributed by atoms with Crippen LogP contribution in [0.25, 0.3) is 0 Å². The number of aromatic hydroxyl groups is 1. The fourth-order valence-corrected chi connectivity index (χ4v) is 6.94. The predicted molar refractivity (Wildman–Crippen MR) is 134 cm³/mol. The van der Waals surface area contributed by atoms with Gasteiger partial charge in [0.2, 0.25) is 0 Å². The first-order chi connectivity index (χ1) is 17.5. The van der Waals surface area contributed by atoms with Gasteiger partial charge in [-0.15, -0.1) is 11.3 Å². The summed E-state index contributed by atoms with van der Waals surface area (Å²) in [5.74, 6) is -0.589. The first-order valence-corrected chi connectivity index (χ1v) is 13.8. The van der Waals surface area contributed by atoms with Crippen molar-refractivity contribution in [2.45, 2.75) is 42.4 Å². The van der Waals surface area contributed by atoms with E-state index in [0.29, 0.717) is 37.4 Å². The summed E-state index contributed by atoms with van der Waals surface area (Å²) < 4.78 is 66.0. The first-order valence-electron chi connectivity index (χ1n) is 11.6. The standard InChI is InChI=1S/C25H26F3N3O4S2/c26-25(27,28)18-7-5-17(6-8-18)15-29-19-11-13-31(14-12-19)37(34,35)23-10-9-20(36-23)16-30-24(33)21-3-1-2-4-22(21)32/h1-10,19,29,32H,11-16H2,(H,30,33). The van der Waals surface area contributed by atoms with Crippen molar-refractivity contribution in [1.29, 1.82) is 0 Å². The lowest BCUT2D eigenvalue weighted by Gasteiger charge is -2.31. The molecular weight excluding hydrogens is 527 g/mol. The molecule has 1 aliphatic rings. The maximum absolute atomic E-state index is 13.1. The van der Waals surface area contributed by atoms with E-state index >= 15 is 0 Å². The number of phenols is 1. The fourth-order valence-electron chi connectivity index (χ4n) is 4.02. The van der Waals surface area contributed by atoms with Crippen LogP contribution in [0.5, 0.6) is 5.75 Å². The van der Waals surface area contributed by atoms with Crippen LogP contribution in [0.2, 0.25) is 0 Å². The number of para-hydroxylation sites is 1. The number of nitrogens with zero attached hydrogens (tertiary/aromatic N) is 1. The Balaban J connectivity index is 1.27. The number of nitrogens with one attached hydrogen (secondary N) is 2. The molecule has 198 valence electrons. The second-order valence-electron chi connectivity index (χ2n) is 8.67. The largest absolute Gasteiger partial charge is 0.507 e. The molecule has 1 saturated heterocycles. The molecule has 1 aliphatic heterocycles. The lowest BCUT2D eigenvalue weighted by molar-refractivity contribution is -0.137. The first kappa shape index (κ1) is 27.1. The maximum atomic E-state index is 13.1. The van der Waals surface area contributed by atoms with Crippen LogP contribution in [0.1, 0.15) is 39.2 Å². The van der Waals surface area contributed by atoms with Gasteiger partial charge in [0.1, 0.15) is 9.96 Å². The summed E-state index contributed by atoms with van der Waals surface area (Å²) in [4.78, 5) is 12.9. The quantitative estimate of drug-likeness (QED) is 0.386. The number of benzene rings is 2. The number of rotatable bonds is 8. The van der Waals surface area contributed by atoms with Crippen LogP contribution in [0.3, 0.4) is 0 Å². The van der Waals surface area contributed by atoms with E-state index in [1.54, 1.807) is 18.2 Å². The van der Waals surface area contributed by atoms with Gasteiger partial charge in [-0.05, 0) is 54.8 Å². The number of amides is 1. The van der Waals surface area contributed by atoms with Crippen molar-refractivity contribution in [2.24, 2.45) is 0 Å². The van der Waals surface area contributed by atoms with Crippen LogP contribution in [0, 0.1) is 0 Å². The number of hydrogen-bond acceptors (Lipinski definition) is 6. The number of hydrogen-bond donors (Lipinski definition) is 3. The van der Waals surface area contributed by atoms with Crippen molar-refractivity contribution in [3.05, 3.63) is 82.2 Å². The molecule has 1 aromatic heterocycles. The molecule has 0 bridgehead atoms. The second kappa shape index (κ2) is 11.2. The molecule has 1 fully saturated rings. The van der Waals surface area contributed by atoms with Gasteiger partial charge in [-0.1, -0.05) is 24.3 Å². The Bertz CT molecular complexity index is 1330. The minimum absolute atomic E-state index is 0.0530. The summed E-state index contributed by atoms with van der Waals surface area (Å²) in [5.41, 5.74) is 0.176. The van der Waals surface area contributed by atoms with E-state index < -0.39 is 27.7 Å². The van der Waals surface area contributed by atoms with Gasteiger partial charge in [-0.25, -0.2) is 8.42 Å². The summed E-state index contributed by atoms with van der Waals surface area (Å²) in [7, 11) is -3.68. The van der Waals surface area contributed by atoms with Crippen molar-refractivity contribution >= 4 is 27.3 Å². The molecule has 2 aromatic carbocycles. The van der Waals surface area contributed by atoms with Gasteiger partial charge in [-0.2, -0.15) is 17.5 Å². The highest BCUT2D eigenvalue weighted by atomic mass is 32.2.